The Morgan fingerprint density at radius 3 is 2.23 bits per heavy atom. The second-order valence-electron chi connectivity index (χ2n) is 5.72. The molecule has 1 aliphatic rings. The molecule has 0 bridgehead atoms. The first kappa shape index (κ1) is 11.0. The van der Waals surface area contributed by atoms with Crippen molar-refractivity contribution in [1.82, 2.24) is 4.90 Å². The lowest BCUT2D eigenvalue weighted by molar-refractivity contribution is -0.134. The molecule has 1 rings (SSSR count). The van der Waals surface area contributed by atoms with E-state index in [1.807, 2.05) is 0 Å². The molecule has 2 heteroatoms. The van der Waals surface area contributed by atoms with E-state index in [0.29, 0.717) is 6.04 Å². The van der Waals surface area contributed by atoms with Gasteiger partial charge in [0.05, 0.1) is 12.2 Å². The molecule has 0 saturated carbocycles. The van der Waals surface area contributed by atoms with Crippen LogP contribution >= 0.6 is 0 Å². The van der Waals surface area contributed by atoms with Crippen molar-refractivity contribution in [3.05, 3.63) is 0 Å². The molecule has 0 spiro atoms. The minimum atomic E-state index is 0.0137. The van der Waals surface area contributed by atoms with Gasteiger partial charge in [-0.15, -0.1) is 0 Å². The molecule has 0 aromatic heterocycles. The smallest absolute Gasteiger partial charge is 0.0753 e. The van der Waals surface area contributed by atoms with Gasteiger partial charge in [0.15, 0.2) is 0 Å². The number of nitrogens with zero attached hydrogens (tertiary/aromatic N) is 1. The van der Waals surface area contributed by atoms with Crippen molar-refractivity contribution >= 4 is 0 Å². The summed E-state index contributed by atoms with van der Waals surface area (Å²) in [4.78, 5) is 2.52. The van der Waals surface area contributed by atoms with E-state index in [1.165, 1.54) is 0 Å². The van der Waals surface area contributed by atoms with Crippen LogP contribution in [-0.4, -0.2) is 35.2 Å². The summed E-state index contributed by atoms with van der Waals surface area (Å²) >= 11 is 0. The van der Waals surface area contributed by atoms with Gasteiger partial charge in [-0.1, -0.05) is 0 Å². The molecule has 0 N–H and O–H groups in total. The van der Waals surface area contributed by atoms with Crippen LogP contribution in [0.15, 0.2) is 0 Å². The molecule has 2 nitrogen and oxygen atoms in total. The molecule has 1 saturated heterocycles. The zero-order valence-electron chi connectivity index (χ0n) is 9.85. The number of ether oxygens (including phenoxy) is 1. The molecule has 0 radical (unpaired) electrons. The van der Waals surface area contributed by atoms with E-state index in [2.05, 4.69) is 46.4 Å². The van der Waals surface area contributed by atoms with Crippen LogP contribution in [0.5, 0.6) is 0 Å². The van der Waals surface area contributed by atoms with Crippen LogP contribution in [0.1, 0.15) is 41.5 Å². The van der Waals surface area contributed by atoms with Crippen molar-refractivity contribution in [3.8, 4) is 0 Å². The molecule has 0 aliphatic carbocycles. The van der Waals surface area contributed by atoms with Crippen LogP contribution in [0.4, 0.5) is 0 Å². The summed E-state index contributed by atoms with van der Waals surface area (Å²) in [6.07, 6.45) is 0. The fourth-order valence-electron chi connectivity index (χ4n) is 1.95. The average molecular weight is 185 g/mol. The zero-order valence-corrected chi connectivity index (χ0v) is 9.85. The quantitative estimate of drug-likeness (QED) is 0.574. The van der Waals surface area contributed by atoms with Gasteiger partial charge >= 0.3 is 0 Å². The van der Waals surface area contributed by atoms with Gasteiger partial charge in [0, 0.05) is 18.1 Å². The molecule has 0 aromatic rings. The van der Waals surface area contributed by atoms with E-state index in [-0.39, 0.29) is 11.1 Å². The van der Waals surface area contributed by atoms with Gasteiger partial charge in [-0.25, -0.2) is 0 Å². The lowest BCUT2D eigenvalue weighted by atomic mass is 9.97. The second kappa shape index (κ2) is 3.25. The Kier molecular flexibility index (Phi) is 2.75. The van der Waals surface area contributed by atoms with Crippen molar-refractivity contribution in [2.24, 2.45) is 0 Å². The standard InChI is InChI=1S/C11H23NO/c1-9-7-13-11(5,6)8-12(9)10(2,3)4/h9H,7-8H2,1-6H3. The van der Waals surface area contributed by atoms with Crippen molar-refractivity contribution < 1.29 is 4.74 Å². The van der Waals surface area contributed by atoms with Crippen LogP contribution in [0.25, 0.3) is 0 Å². The largest absolute Gasteiger partial charge is 0.373 e. The molecule has 0 amide bonds. The highest BCUT2D eigenvalue weighted by Crippen LogP contribution is 2.26. The normalized spacial score (nSPS) is 30.5. The van der Waals surface area contributed by atoms with Crippen LogP contribution in [0, 0.1) is 0 Å². The lowest BCUT2D eigenvalue weighted by Gasteiger charge is -2.48. The highest BCUT2D eigenvalue weighted by molar-refractivity contribution is 4.90. The predicted molar refractivity (Wildman–Crippen MR) is 56.0 cm³/mol. The highest BCUT2D eigenvalue weighted by atomic mass is 16.5. The Morgan fingerprint density at radius 1 is 1.31 bits per heavy atom. The van der Waals surface area contributed by atoms with E-state index < -0.39 is 0 Å². The Morgan fingerprint density at radius 2 is 1.85 bits per heavy atom. The summed E-state index contributed by atoms with van der Waals surface area (Å²) in [6.45, 7) is 15.2. The van der Waals surface area contributed by atoms with Gasteiger partial charge in [0.2, 0.25) is 0 Å². The molecule has 1 heterocycles. The molecule has 1 atom stereocenters. The van der Waals surface area contributed by atoms with Gasteiger partial charge in [-0.3, -0.25) is 4.90 Å². The van der Waals surface area contributed by atoms with Crippen molar-refractivity contribution in [1.29, 1.82) is 0 Å². The molecular weight excluding hydrogens is 162 g/mol. The molecule has 13 heavy (non-hydrogen) atoms. The third-order valence-electron chi connectivity index (χ3n) is 2.66. The van der Waals surface area contributed by atoms with E-state index in [9.17, 15) is 0 Å². The third kappa shape index (κ3) is 2.68. The van der Waals surface area contributed by atoms with Crippen molar-refractivity contribution in [2.75, 3.05) is 13.2 Å². The molecular formula is C11H23NO. The summed E-state index contributed by atoms with van der Waals surface area (Å²) in [5.41, 5.74) is 0.264. The Bertz CT molecular complexity index is 181. The number of hydrogen-bond donors (Lipinski definition) is 0. The Labute approximate surface area is 82.3 Å². The zero-order chi connectivity index (χ0) is 10.3. The minimum Gasteiger partial charge on any atom is -0.373 e. The van der Waals surface area contributed by atoms with E-state index >= 15 is 0 Å². The Balaban J connectivity index is 2.72. The molecule has 1 unspecified atom stereocenters. The third-order valence-corrected chi connectivity index (χ3v) is 2.66. The van der Waals surface area contributed by atoms with E-state index in [4.69, 9.17) is 4.74 Å². The number of hydrogen-bond acceptors (Lipinski definition) is 2. The van der Waals surface area contributed by atoms with Gasteiger partial charge in [0.25, 0.3) is 0 Å². The van der Waals surface area contributed by atoms with Crippen LogP contribution < -0.4 is 0 Å². The summed E-state index contributed by atoms with van der Waals surface area (Å²) in [7, 11) is 0. The molecule has 1 fully saturated rings. The maximum Gasteiger partial charge on any atom is 0.0753 e. The van der Waals surface area contributed by atoms with Crippen LogP contribution in [0.3, 0.4) is 0 Å². The van der Waals surface area contributed by atoms with Gasteiger partial charge in [-0.05, 0) is 41.5 Å². The fraction of sp³-hybridized carbons (Fsp3) is 1.00. The molecule has 78 valence electrons. The molecule has 1 aliphatic heterocycles. The Hall–Kier alpha value is -0.0800. The average Bonchev–Trinajstić information content (AvgIpc) is 1.92. The summed E-state index contributed by atoms with van der Waals surface area (Å²) < 4.78 is 5.76. The molecule has 0 aromatic carbocycles. The van der Waals surface area contributed by atoms with Gasteiger partial charge < -0.3 is 4.74 Å². The SMILES string of the molecule is CC1COC(C)(C)CN1C(C)(C)C. The maximum atomic E-state index is 5.76. The monoisotopic (exact) mass is 185 g/mol. The van der Waals surface area contributed by atoms with Crippen LogP contribution in [0.2, 0.25) is 0 Å². The number of rotatable bonds is 0. The van der Waals surface area contributed by atoms with E-state index in [0.717, 1.165) is 13.2 Å². The van der Waals surface area contributed by atoms with Crippen molar-refractivity contribution in [3.63, 3.8) is 0 Å². The highest BCUT2D eigenvalue weighted by Gasteiger charge is 2.36. The summed E-state index contributed by atoms with van der Waals surface area (Å²) in [5, 5.41) is 0. The first-order valence-electron chi connectivity index (χ1n) is 5.13. The van der Waals surface area contributed by atoms with E-state index in [1.54, 1.807) is 0 Å². The van der Waals surface area contributed by atoms with Gasteiger partial charge in [-0.2, -0.15) is 0 Å². The number of morpholine rings is 1. The van der Waals surface area contributed by atoms with Crippen LogP contribution in [-0.2, 0) is 4.74 Å². The lowest BCUT2D eigenvalue weighted by Crippen LogP contribution is -2.59. The summed E-state index contributed by atoms with van der Waals surface area (Å²) in [5.74, 6) is 0. The first-order chi connectivity index (χ1) is 5.72. The fourth-order valence-corrected chi connectivity index (χ4v) is 1.95. The second-order valence-corrected chi connectivity index (χ2v) is 5.72. The topological polar surface area (TPSA) is 12.5 Å². The predicted octanol–water partition coefficient (Wildman–Crippen LogP) is 2.28. The first-order valence-corrected chi connectivity index (χ1v) is 5.13. The van der Waals surface area contributed by atoms with Crippen molar-refractivity contribution in [2.45, 2.75) is 58.7 Å². The minimum absolute atomic E-state index is 0.0137. The maximum absolute atomic E-state index is 5.76. The summed E-state index contributed by atoms with van der Waals surface area (Å²) in [6, 6.07) is 0.535. The van der Waals surface area contributed by atoms with Gasteiger partial charge in [0.1, 0.15) is 0 Å².